The number of fused-ring (bicyclic) bond motifs is 5. The summed E-state index contributed by atoms with van der Waals surface area (Å²) in [7, 11) is 2.04. The summed E-state index contributed by atoms with van der Waals surface area (Å²) in [5.41, 5.74) is 3.97. The third-order valence-electron chi connectivity index (χ3n) is 4.77. The number of rotatable bonds is 1. The molecule has 0 bridgehead atoms. The molecule has 0 amide bonds. The maximum atomic E-state index is 6.81. The van der Waals surface area contributed by atoms with Crippen molar-refractivity contribution in [1.82, 2.24) is 4.57 Å². The fourth-order valence-electron chi connectivity index (χ4n) is 3.61. The predicted molar refractivity (Wildman–Crippen MR) is 108 cm³/mol. The van der Waals surface area contributed by atoms with Gasteiger partial charge in [-0.25, -0.2) is 0 Å². The van der Waals surface area contributed by atoms with Crippen LogP contribution in [0.3, 0.4) is 0 Å². The second-order valence-electron chi connectivity index (χ2n) is 6.61. The van der Waals surface area contributed by atoms with E-state index in [-0.39, 0.29) is 0 Å². The van der Waals surface area contributed by atoms with E-state index in [2.05, 4.69) is 10.6 Å². The summed E-state index contributed by atoms with van der Waals surface area (Å²) in [5.74, 6) is 2.37. The second kappa shape index (κ2) is 5.60. The average molecular weight is 382 g/mol. The fourth-order valence-corrected chi connectivity index (χ4v) is 4.12. The molecule has 4 aromatic rings. The Hall–Kier alpha value is -2.30. The van der Waals surface area contributed by atoms with Crippen molar-refractivity contribution in [3.05, 3.63) is 70.1 Å². The van der Waals surface area contributed by atoms with Gasteiger partial charge in [-0.1, -0.05) is 34.7 Å². The Bertz CT molecular complexity index is 1180. The molecule has 6 heteroatoms. The van der Waals surface area contributed by atoms with E-state index in [9.17, 15) is 0 Å². The fraction of sp³-hybridized carbons (Fsp3) is 0.100. The lowest BCUT2D eigenvalue weighted by molar-refractivity contribution is 0.145. The summed E-state index contributed by atoms with van der Waals surface area (Å²) in [6.45, 7) is 1.92. The Morgan fingerprint density at radius 3 is 2.65 bits per heavy atom. The summed E-state index contributed by atoms with van der Waals surface area (Å²) < 4.78 is 14.3. The first-order valence-corrected chi connectivity index (χ1v) is 9.11. The Morgan fingerprint density at radius 1 is 1.04 bits per heavy atom. The van der Waals surface area contributed by atoms with Crippen molar-refractivity contribution >= 4 is 47.4 Å². The molecule has 1 unspecified atom stereocenters. The molecule has 5 rings (SSSR count). The van der Waals surface area contributed by atoms with E-state index in [1.807, 2.05) is 57.2 Å². The van der Waals surface area contributed by atoms with Crippen LogP contribution in [-0.2, 0) is 0 Å². The molecule has 0 aliphatic carbocycles. The highest BCUT2D eigenvalue weighted by molar-refractivity contribution is 6.39. The van der Waals surface area contributed by atoms with Gasteiger partial charge in [-0.15, -0.1) is 0 Å². The summed E-state index contributed by atoms with van der Waals surface area (Å²) in [6.07, 6.45) is -0.427. The van der Waals surface area contributed by atoms with Gasteiger partial charge in [-0.2, -0.15) is 0 Å². The SMILES string of the molecule is Bc1ccc2c(c1)OC(c1ccc(C)o1)n1c-2c(Cl)c2cc(Cl)ccc21. The van der Waals surface area contributed by atoms with E-state index in [0.717, 1.165) is 44.9 Å². The number of aromatic nitrogens is 1. The van der Waals surface area contributed by atoms with Gasteiger partial charge in [0.15, 0.2) is 5.76 Å². The van der Waals surface area contributed by atoms with Crippen LogP contribution in [0.2, 0.25) is 10.0 Å². The molecule has 1 aliphatic rings. The maximum Gasteiger partial charge on any atom is 0.235 e. The lowest BCUT2D eigenvalue weighted by Gasteiger charge is -2.29. The van der Waals surface area contributed by atoms with E-state index in [1.54, 1.807) is 0 Å². The van der Waals surface area contributed by atoms with Crippen LogP contribution in [-0.4, -0.2) is 12.4 Å². The van der Waals surface area contributed by atoms with Crippen LogP contribution in [0.5, 0.6) is 5.75 Å². The van der Waals surface area contributed by atoms with E-state index >= 15 is 0 Å². The number of furan rings is 1. The number of aryl methyl sites for hydroxylation is 1. The van der Waals surface area contributed by atoms with Crippen molar-refractivity contribution < 1.29 is 9.15 Å². The van der Waals surface area contributed by atoms with E-state index < -0.39 is 6.23 Å². The summed E-state index contributed by atoms with van der Waals surface area (Å²) in [5, 5.41) is 2.22. The third-order valence-corrected chi connectivity index (χ3v) is 5.39. The zero-order valence-corrected chi connectivity index (χ0v) is 15.7. The van der Waals surface area contributed by atoms with Crippen LogP contribution in [0, 0.1) is 6.92 Å². The topological polar surface area (TPSA) is 27.3 Å². The minimum absolute atomic E-state index is 0.427. The van der Waals surface area contributed by atoms with Crippen LogP contribution in [0.4, 0.5) is 0 Å². The van der Waals surface area contributed by atoms with Crippen molar-refractivity contribution in [2.45, 2.75) is 13.2 Å². The predicted octanol–water partition coefficient (Wildman–Crippen LogP) is 4.71. The maximum absolute atomic E-state index is 6.81. The Labute approximate surface area is 161 Å². The van der Waals surface area contributed by atoms with Gasteiger partial charge >= 0.3 is 0 Å². The van der Waals surface area contributed by atoms with Crippen LogP contribution in [0.1, 0.15) is 17.7 Å². The van der Waals surface area contributed by atoms with Crippen molar-refractivity contribution in [3.8, 4) is 17.0 Å². The summed E-state index contributed by atoms with van der Waals surface area (Å²) >= 11 is 13.0. The molecule has 0 saturated heterocycles. The number of hydrogen-bond acceptors (Lipinski definition) is 2. The highest BCUT2D eigenvalue weighted by Gasteiger charge is 2.33. The van der Waals surface area contributed by atoms with Gasteiger partial charge in [0.2, 0.25) is 6.23 Å². The van der Waals surface area contributed by atoms with Gasteiger partial charge < -0.3 is 9.15 Å². The summed E-state index contributed by atoms with van der Waals surface area (Å²) in [4.78, 5) is 0. The van der Waals surface area contributed by atoms with Gasteiger partial charge in [-0.05, 0) is 49.4 Å². The van der Waals surface area contributed by atoms with Crippen LogP contribution < -0.4 is 10.2 Å². The molecule has 0 fully saturated rings. The molecule has 3 nitrogen and oxygen atoms in total. The molecular formula is C20H14BCl2NO2. The van der Waals surface area contributed by atoms with E-state index in [4.69, 9.17) is 32.4 Å². The van der Waals surface area contributed by atoms with Crippen molar-refractivity contribution in [2.24, 2.45) is 0 Å². The first-order valence-electron chi connectivity index (χ1n) is 8.36. The van der Waals surface area contributed by atoms with Crippen molar-refractivity contribution in [3.63, 3.8) is 0 Å². The number of hydrogen-bond donors (Lipinski definition) is 0. The smallest absolute Gasteiger partial charge is 0.235 e. The van der Waals surface area contributed by atoms with Crippen LogP contribution >= 0.6 is 23.2 Å². The molecule has 1 atom stereocenters. The molecule has 128 valence electrons. The molecule has 2 aromatic carbocycles. The molecule has 0 N–H and O–H groups in total. The average Bonchev–Trinajstić information content (AvgIpc) is 3.16. The number of nitrogens with zero attached hydrogens (tertiary/aromatic N) is 1. The zero-order chi connectivity index (χ0) is 18.0. The minimum Gasteiger partial charge on any atom is -0.462 e. The van der Waals surface area contributed by atoms with Gasteiger partial charge in [0.05, 0.1) is 16.2 Å². The Balaban J connectivity index is 1.88. The highest BCUT2D eigenvalue weighted by atomic mass is 35.5. The van der Waals surface area contributed by atoms with Crippen molar-refractivity contribution in [2.75, 3.05) is 0 Å². The molecule has 0 saturated carbocycles. The number of ether oxygens (including phenoxy) is 1. The van der Waals surface area contributed by atoms with Gasteiger partial charge in [-0.3, -0.25) is 4.57 Å². The largest absolute Gasteiger partial charge is 0.462 e. The minimum atomic E-state index is -0.427. The standard InChI is InChI=1S/C20H14BCl2NO2/c1-10-2-7-16(25-10)20-24-15-6-4-12(22)9-14(15)18(23)19(24)13-5-3-11(21)8-17(13)26-20/h2-9,20H,21H2,1H3. The summed E-state index contributed by atoms with van der Waals surface area (Å²) in [6, 6.07) is 15.7. The third kappa shape index (κ3) is 2.22. The van der Waals surface area contributed by atoms with Crippen LogP contribution in [0.15, 0.2) is 52.9 Å². The molecule has 3 heterocycles. The monoisotopic (exact) mass is 381 g/mol. The molecule has 2 aromatic heterocycles. The van der Waals surface area contributed by atoms with E-state index in [0.29, 0.717) is 10.0 Å². The normalized spacial score (nSPS) is 15.6. The van der Waals surface area contributed by atoms with Gasteiger partial charge in [0.25, 0.3) is 0 Å². The zero-order valence-electron chi connectivity index (χ0n) is 14.2. The number of halogens is 2. The van der Waals surface area contributed by atoms with Gasteiger partial charge in [0.1, 0.15) is 19.4 Å². The molecule has 0 radical (unpaired) electrons. The highest BCUT2D eigenvalue weighted by Crippen LogP contribution is 2.48. The quantitative estimate of drug-likeness (QED) is 0.446. The molecule has 26 heavy (non-hydrogen) atoms. The number of benzene rings is 2. The van der Waals surface area contributed by atoms with E-state index in [1.165, 1.54) is 0 Å². The Kier molecular flexibility index (Phi) is 3.43. The van der Waals surface area contributed by atoms with Crippen LogP contribution in [0.25, 0.3) is 22.2 Å². The first kappa shape index (κ1) is 15.9. The van der Waals surface area contributed by atoms with Gasteiger partial charge in [0, 0.05) is 16.0 Å². The molecule has 1 aliphatic heterocycles. The molecular weight excluding hydrogens is 368 g/mol. The second-order valence-corrected chi connectivity index (χ2v) is 7.43. The Morgan fingerprint density at radius 2 is 1.88 bits per heavy atom. The lowest BCUT2D eigenvalue weighted by atomic mass is 9.93. The molecule has 0 spiro atoms. The first-order chi connectivity index (χ1) is 12.5. The lowest BCUT2D eigenvalue weighted by Crippen LogP contribution is -2.22. The van der Waals surface area contributed by atoms with Crippen molar-refractivity contribution in [1.29, 1.82) is 0 Å².